The fraction of sp³-hybridized carbons (Fsp3) is 1.00. The number of hydrogen-bond acceptors (Lipinski definition) is 3. The molecule has 1 aliphatic heterocycles. The van der Waals surface area contributed by atoms with Crippen LogP contribution in [0.4, 0.5) is 0 Å². The molecule has 1 fully saturated rings. The topological polar surface area (TPSA) is 3.24 Å². The predicted molar refractivity (Wildman–Crippen MR) is 52.1 cm³/mol. The lowest BCUT2D eigenvalue weighted by atomic mass is 10.4. The molecule has 0 saturated carbocycles. The van der Waals surface area contributed by atoms with Crippen LogP contribution in [0, 0.1) is 0 Å². The largest absolute Gasteiger partial charge is 0.301 e. The first-order valence-corrected chi connectivity index (χ1v) is 4.64. The molecule has 10 heavy (non-hydrogen) atoms. The van der Waals surface area contributed by atoms with Gasteiger partial charge in [-0.15, -0.1) is 0 Å². The maximum Gasteiger partial charge on any atom is 0.0650 e. The quantitative estimate of drug-likeness (QED) is 0.479. The zero-order valence-corrected chi connectivity index (χ0v) is 8.17. The number of thiol groups is 2. The monoisotopic (exact) mass is 177 g/mol. The van der Waals surface area contributed by atoms with Gasteiger partial charge in [-0.2, -0.15) is 25.3 Å². The van der Waals surface area contributed by atoms with E-state index >= 15 is 0 Å². The first-order valence-electron chi connectivity index (χ1n) is 3.75. The summed E-state index contributed by atoms with van der Waals surface area (Å²) in [5.41, 5.74) is 0. The smallest absolute Gasteiger partial charge is 0.0650 e. The fourth-order valence-electron chi connectivity index (χ4n) is 1.36. The average molecular weight is 177 g/mol. The highest BCUT2D eigenvalue weighted by Gasteiger charge is 2.20. The van der Waals surface area contributed by atoms with Crippen molar-refractivity contribution >= 4 is 25.3 Å². The molecular formula is C7H15NS2. The van der Waals surface area contributed by atoms with Gasteiger partial charge in [0, 0.05) is 6.54 Å². The summed E-state index contributed by atoms with van der Waals surface area (Å²) < 4.78 is -0.121. The Morgan fingerprint density at radius 3 is 2.20 bits per heavy atom. The second kappa shape index (κ2) is 3.37. The van der Waals surface area contributed by atoms with Gasteiger partial charge in [-0.3, -0.25) is 0 Å². The Morgan fingerprint density at radius 1 is 1.30 bits per heavy atom. The highest BCUT2D eigenvalue weighted by atomic mass is 32.2. The van der Waals surface area contributed by atoms with Crippen LogP contribution in [-0.4, -0.2) is 28.6 Å². The molecule has 0 aromatic heterocycles. The second-order valence-corrected chi connectivity index (χ2v) is 5.53. The molecular weight excluding hydrogens is 162 g/mol. The highest BCUT2D eigenvalue weighted by Crippen LogP contribution is 2.21. The van der Waals surface area contributed by atoms with Gasteiger partial charge in [0.2, 0.25) is 0 Å². The van der Waals surface area contributed by atoms with Crippen LogP contribution in [0.3, 0.4) is 0 Å². The standard InChI is InChI=1S/C7H15NS2/c1-7(9,10)6-8-4-2-3-5-8/h9-10H,2-6H2,1H3. The second-order valence-electron chi connectivity index (χ2n) is 3.20. The molecule has 60 valence electrons. The number of hydrogen-bond donors (Lipinski definition) is 2. The summed E-state index contributed by atoms with van der Waals surface area (Å²) >= 11 is 8.70. The van der Waals surface area contributed by atoms with Gasteiger partial charge in [-0.25, -0.2) is 0 Å². The van der Waals surface area contributed by atoms with Crippen molar-refractivity contribution in [3.05, 3.63) is 0 Å². The van der Waals surface area contributed by atoms with Crippen LogP contribution in [0.5, 0.6) is 0 Å². The van der Waals surface area contributed by atoms with Gasteiger partial charge in [-0.1, -0.05) is 0 Å². The van der Waals surface area contributed by atoms with Gasteiger partial charge in [0.15, 0.2) is 0 Å². The number of nitrogens with zero attached hydrogens (tertiary/aromatic N) is 1. The molecule has 0 bridgehead atoms. The van der Waals surface area contributed by atoms with Crippen LogP contribution in [0.25, 0.3) is 0 Å². The third-order valence-electron chi connectivity index (χ3n) is 1.72. The van der Waals surface area contributed by atoms with Crippen LogP contribution in [-0.2, 0) is 0 Å². The first-order chi connectivity index (χ1) is 4.58. The van der Waals surface area contributed by atoms with E-state index in [1.807, 2.05) is 6.92 Å². The maximum atomic E-state index is 4.35. The summed E-state index contributed by atoms with van der Waals surface area (Å²) in [6, 6.07) is 0. The SMILES string of the molecule is CC(S)(S)CN1CCCC1. The summed E-state index contributed by atoms with van der Waals surface area (Å²) in [7, 11) is 0. The van der Waals surface area contributed by atoms with Crippen molar-refractivity contribution in [3.63, 3.8) is 0 Å². The lowest BCUT2D eigenvalue weighted by molar-refractivity contribution is 0.337. The molecule has 1 saturated heterocycles. The minimum absolute atomic E-state index is 0.121. The number of rotatable bonds is 2. The summed E-state index contributed by atoms with van der Waals surface area (Å²) in [6.45, 7) is 5.50. The van der Waals surface area contributed by atoms with Crippen LogP contribution in [0.2, 0.25) is 0 Å². The van der Waals surface area contributed by atoms with E-state index in [9.17, 15) is 0 Å². The lowest BCUT2D eigenvalue weighted by Gasteiger charge is -2.23. The van der Waals surface area contributed by atoms with Crippen molar-refractivity contribution in [2.75, 3.05) is 19.6 Å². The molecule has 0 atom stereocenters. The Morgan fingerprint density at radius 2 is 1.80 bits per heavy atom. The van der Waals surface area contributed by atoms with E-state index in [2.05, 4.69) is 30.2 Å². The minimum atomic E-state index is -0.121. The van der Waals surface area contributed by atoms with Crippen molar-refractivity contribution in [1.82, 2.24) is 4.90 Å². The minimum Gasteiger partial charge on any atom is -0.301 e. The van der Waals surface area contributed by atoms with Crippen molar-refractivity contribution < 1.29 is 0 Å². The Hall–Kier alpha value is 0.660. The van der Waals surface area contributed by atoms with Crippen molar-refractivity contribution in [3.8, 4) is 0 Å². The third kappa shape index (κ3) is 3.17. The summed E-state index contributed by atoms with van der Waals surface area (Å²) in [5, 5.41) is 0. The molecule has 0 aliphatic carbocycles. The van der Waals surface area contributed by atoms with Crippen LogP contribution in [0.15, 0.2) is 0 Å². The van der Waals surface area contributed by atoms with Crippen molar-refractivity contribution in [2.24, 2.45) is 0 Å². The van der Waals surface area contributed by atoms with Crippen LogP contribution >= 0.6 is 25.3 Å². The van der Waals surface area contributed by atoms with Gasteiger partial charge in [0.05, 0.1) is 4.08 Å². The van der Waals surface area contributed by atoms with E-state index < -0.39 is 0 Å². The zero-order valence-electron chi connectivity index (χ0n) is 6.38. The molecule has 0 aromatic carbocycles. The zero-order chi connectivity index (χ0) is 7.61. The predicted octanol–water partition coefficient (Wildman–Crippen LogP) is 1.66. The van der Waals surface area contributed by atoms with E-state index in [0.29, 0.717) is 0 Å². The van der Waals surface area contributed by atoms with Crippen LogP contribution in [0.1, 0.15) is 19.8 Å². The molecule has 0 N–H and O–H groups in total. The molecule has 0 amide bonds. The molecule has 0 spiro atoms. The summed E-state index contributed by atoms with van der Waals surface area (Å²) in [5.74, 6) is 0. The fourth-order valence-corrected chi connectivity index (χ4v) is 1.76. The first kappa shape index (κ1) is 8.75. The molecule has 0 unspecified atom stereocenters. The Bertz CT molecular complexity index is 103. The average Bonchev–Trinajstić information content (AvgIpc) is 2.12. The van der Waals surface area contributed by atoms with E-state index in [0.717, 1.165) is 6.54 Å². The third-order valence-corrected chi connectivity index (χ3v) is 2.00. The van der Waals surface area contributed by atoms with Crippen molar-refractivity contribution in [1.29, 1.82) is 0 Å². The number of likely N-dealkylation sites (tertiary alicyclic amines) is 1. The lowest BCUT2D eigenvalue weighted by Crippen LogP contribution is -2.31. The molecule has 0 radical (unpaired) electrons. The summed E-state index contributed by atoms with van der Waals surface area (Å²) in [4.78, 5) is 2.42. The van der Waals surface area contributed by atoms with Gasteiger partial charge in [0.25, 0.3) is 0 Å². The molecule has 1 aliphatic rings. The normalized spacial score (nSPS) is 21.9. The van der Waals surface area contributed by atoms with Gasteiger partial charge in [0.1, 0.15) is 0 Å². The van der Waals surface area contributed by atoms with Crippen LogP contribution < -0.4 is 0 Å². The molecule has 1 heterocycles. The van der Waals surface area contributed by atoms with Gasteiger partial charge < -0.3 is 4.90 Å². The Balaban J connectivity index is 2.24. The van der Waals surface area contributed by atoms with E-state index in [-0.39, 0.29) is 4.08 Å². The maximum absolute atomic E-state index is 4.35. The van der Waals surface area contributed by atoms with Gasteiger partial charge >= 0.3 is 0 Å². The van der Waals surface area contributed by atoms with E-state index in [4.69, 9.17) is 0 Å². The van der Waals surface area contributed by atoms with Crippen molar-refractivity contribution in [2.45, 2.75) is 23.8 Å². The molecule has 3 heteroatoms. The van der Waals surface area contributed by atoms with E-state index in [1.165, 1.54) is 25.9 Å². The Kier molecular flexibility index (Phi) is 2.95. The summed E-state index contributed by atoms with van der Waals surface area (Å²) in [6.07, 6.45) is 2.69. The Labute approximate surface area is 74.0 Å². The van der Waals surface area contributed by atoms with E-state index in [1.54, 1.807) is 0 Å². The molecule has 0 aromatic rings. The molecule has 1 nitrogen and oxygen atoms in total. The molecule has 1 rings (SSSR count). The van der Waals surface area contributed by atoms with Gasteiger partial charge in [-0.05, 0) is 32.9 Å². The highest BCUT2D eigenvalue weighted by molar-refractivity contribution is 8.00.